The van der Waals surface area contributed by atoms with Crippen molar-refractivity contribution < 1.29 is 28.3 Å². The molecule has 0 saturated carbocycles. The quantitative estimate of drug-likeness (QED) is 0.105. The summed E-state index contributed by atoms with van der Waals surface area (Å²) in [6.07, 6.45) is 7.40. The van der Waals surface area contributed by atoms with Gasteiger partial charge in [0.15, 0.2) is 0 Å². The number of carbonyl (C=O) groups excluding carboxylic acids is 4. The van der Waals surface area contributed by atoms with E-state index in [0.717, 1.165) is 22.2 Å². The molecule has 8 heteroatoms. The second-order valence-electron chi connectivity index (χ2n) is 9.64. The van der Waals surface area contributed by atoms with Gasteiger partial charge in [0.05, 0.1) is 27.9 Å². The van der Waals surface area contributed by atoms with E-state index in [-0.39, 0.29) is 22.3 Å². The first-order chi connectivity index (χ1) is 20.9. The van der Waals surface area contributed by atoms with Gasteiger partial charge in [-0.15, -0.1) is 0 Å². The van der Waals surface area contributed by atoms with E-state index < -0.39 is 23.6 Å². The number of para-hydroxylation sites is 1. The number of allylic oxidation sites excluding steroid dienone is 4. The van der Waals surface area contributed by atoms with Gasteiger partial charge in [-0.25, -0.2) is 4.90 Å². The van der Waals surface area contributed by atoms with Crippen molar-refractivity contribution in [3.8, 4) is 23.0 Å². The van der Waals surface area contributed by atoms with Crippen molar-refractivity contribution in [1.29, 1.82) is 0 Å². The van der Waals surface area contributed by atoms with Crippen LogP contribution in [0.25, 0.3) is 0 Å². The number of rotatable bonds is 8. The molecule has 0 saturated heterocycles. The summed E-state index contributed by atoms with van der Waals surface area (Å²) in [5.41, 5.74) is 1.36. The molecule has 0 spiro atoms. The van der Waals surface area contributed by atoms with E-state index in [1.54, 1.807) is 36.4 Å². The lowest BCUT2D eigenvalue weighted by Gasteiger charge is -2.23. The number of nitrogens with one attached hydrogen (secondary N) is 1. The van der Waals surface area contributed by atoms with Gasteiger partial charge in [0.2, 0.25) is 0 Å². The molecule has 1 N–H and O–H groups in total. The Bertz CT molecular complexity index is 1870. The fourth-order valence-electron chi connectivity index (χ4n) is 5.01. The van der Waals surface area contributed by atoms with Gasteiger partial charge in [0, 0.05) is 36.4 Å². The van der Waals surface area contributed by atoms with E-state index in [1.807, 2.05) is 67.6 Å². The van der Waals surface area contributed by atoms with Crippen molar-refractivity contribution in [1.82, 2.24) is 5.32 Å². The van der Waals surface area contributed by atoms with Crippen molar-refractivity contribution in [2.45, 2.75) is 6.92 Å². The zero-order valence-electron chi connectivity index (χ0n) is 23.1. The van der Waals surface area contributed by atoms with E-state index >= 15 is 0 Å². The number of fused-ring (bicyclic) bond motifs is 2. The highest BCUT2D eigenvalue weighted by Crippen LogP contribution is 2.37. The number of nitrogens with zero attached hydrogens (tertiary/aromatic N) is 1. The zero-order valence-corrected chi connectivity index (χ0v) is 23.1. The maximum atomic E-state index is 13.5. The van der Waals surface area contributed by atoms with Gasteiger partial charge >= 0.3 is 0 Å². The van der Waals surface area contributed by atoms with E-state index in [1.165, 1.54) is 18.2 Å². The molecule has 210 valence electrons. The minimum Gasteiger partial charge on any atom is -0.499 e. The third kappa shape index (κ3) is 4.91. The number of ether oxygens (including phenoxy) is 1. The average Bonchev–Trinajstić information content (AvgIpc) is 3.45. The monoisotopic (exact) mass is 569 g/mol. The lowest BCUT2D eigenvalue weighted by atomic mass is 10.1. The molecule has 43 heavy (non-hydrogen) atoms. The largest absolute Gasteiger partial charge is 0.499 e. The summed E-state index contributed by atoms with van der Waals surface area (Å²) < 4.78 is 9.01. The molecule has 0 unspecified atom stereocenters. The predicted molar refractivity (Wildman–Crippen MR) is 162 cm³/mol. The Morgan fingerprint density at radius 1 is 0.744 bits per heavy atom. The summed E-state index contributed by atoms with van der Waals surface area (Å²) in [6, 6.07) is 26.0. The highest BCUT2D eigenvalue weighted by molar-refractivity contribution is 6.34. The first-order valence-corrected chi connectivity index (χ1v) is 13.4. The Kier molecular flexibility index (Phi) is 7.01. The van der Waals surface area contributed by atoms with Gasteiger partial charge in [-0.05, 0) is 55.5 Å². The van der Waals surface area contributed by atoms with Crippen LogP contribution in [0.5, 0.6) is 23.0 Å². The summed E-state index contributed by atoms with van der Waals surface area (Å²) in [5.74, 6) is 1.20. The van der Waals surface area contributed by atoms with Crippen molar-refractivity contribution >= 4 is 29.3 Å². The van der Waals surface area contributed by atoms with Crippen LogP contribution in [0.2, 0.25) is 0 Å². The maximum absolute atomic E-state index is 13.5. The highest BCUT2D eigenvalue weighted by Gasteiger charge is 2.37. The Balaban J connectivity index is 1.27. The lowest BCUT2D eigenvalue weighted by Crippen LogP contribution is -2.29. The van der Waals surface area contributed by atoms with Crippen molar-refractivity contribution in [3.05, 3.63) is 150 Å². The van der Waals surface area contributed by atoms with Crippen LogP contribution in [0.1, 0.15) is 48.4 Å². The van der Waals surface area contributed by atoms with Gasteiger partial charge in [-0.2, -0.15) is 0 Å². The third-order valence-electron chi connectivity index (χ3n) is 7.03. The Morgan fingerprint density at radius 3 is 2.02 bits per heavy atom. The van der Waals surface area contributed by atoms with Crippen LogP contribution in [0.15, 0.2) is 128 Å². The minimum atomic E-state index is -0.498. The molecule has 2 aliphatic rings. The van der Waals surface area contributed by atoms with Crippen molar-refractivity contribution in [2.75, 3.05) is 4.90 Å². The fraction of sp³-hybridized carbons (Fsp3) is 0.0286. The molecule has 0 bridgehead atoms. The Hall–Kier alpha value is -6.02. The summed E-state index contributed by atoms with van der Waals surface area (Å²) in [7, 11) is 0. The SMILES string of the molecule is C=C/C=C\C(=C/C)[O+](c1ccccc1)c1ccc(N2C(=O)c3ccc(Oc4ccc5c(c4)C(=O)NC5=O)cc3C2=O)cc1. The van der Waals surface area contributed by atoms with E-state index in [9.17, 15) is 19.2 Å². The fourth-order valence-corrected chi connectivity index (χ4v) is 5.01. The summed E-state index contributed by atoms with van der Waals surface area (Å²) in [4.78, 5) is 51.8. The standard InChI is InChI=1S/C35H24N2O6/c1-3-5-9-25(4-2)43(26-10-7-6-8-11-26)27-16-12-22(13-17-27)37-34(40)29-19-15-24(21-31(29)35(37)41)42-23-14-18-28-30(20-23)33(39)36-32(28)38/h3-21H,1H2,2H3/p+1/b9-5-,25-4+. The number of hydrogen-bond donors (Lipinski definition) is 1. The van der Waals surface area contributed by atoms with Crippen molar-refractivity contribution in [3.63, 3.8) is 0 Å². The zero-order chi connectivity index (χ0) is 30.1. The number of benzene rings is 4. The van der Waals surface area contributed by atoms with Gasteiger partial charge in [-0.1, -0.05) is 36.9 Å². The molecule has 2 aliphatic heterocycles. The summed E-state index contributed by atoms with van der Waals surface area (Å²) in [6.45, 7) is 5.69. The van der Waals surface area contributed by atoms with Crippen molar-refractivity contribution in [2.24, 2.45) is 0 Å². The highest BCUT2D eigenvalue weighted by atomic mass is 16.7. The molecular formula is C35H25N2O6+. The van der Waals surface area contributed by atoms with Crippen LogP contribution in [0.3, 0.4) is 0 Å². The van der Waals surface area contributed by atoms with Gasteiger partial charge in [-0.3, -0.25) is 24.5 Å². The van der Waals surface area contributed by atoms with Crippen LogP contribution in [0.4, 0.5) is 5.69 Å². The molecule has 0 aliphatic carbocycles. The minimum absolute atomic E-state index is 0.201. The van der Waals surface area contributed by atoms with Gasteiger partial charge < -0.3 is 9.10 Å². The van der Waals surface area contributed by atoms with E-state index in [0.29, 0.717) is 17.2 Å². The number of amides is 4. The molecule has 4 aromatic rings. The van der Waals surface area contributed by atoms with Crippen LogP contribution >= 0.6 is 0 Å². The van der Waals surface area contributed by atoms with Gasteiger partial charge in [0.25, 0.3) is 40.9 Å². The second-order valence-corrected chi connectivity index (χ2v) is 9.64. The van der Waals surface area contributed by atoms with Crippen LogP contribution in [0, 0.1) is 0 Å². The normalized spacial score (nSPS) is 14.2. The van der Waals surface area contributed by atoms with Crippen LogP contribution in [-0.2, 0) is 0 Å². The third-order valence-corrected chi connectivity index (χ3v) is 7.03. The molecule has 8 nitrogen and oxygen atoms in total. The molecule has 4 amide bonds. The lowest BCUT2D eigenvalue weighted by molar-refractivity contribution is 0.0874. The topological polar surface area (TPSA) is 95.5 Å². The molecule has 0 aromatic heterocycles. The van der Waals surface area contributed by atoms with Gasteiger partial charge in [0.1, 0.15) is 11.5 Å². The predicted octanol–water partition coefficient (Wildman–Crippen LogP) is 7.14. The number of anilines is 1. The van der Waals surface area contributed by atoms with Crippen LogP contribution in [-0.4, -0.2) is 23.6 Å². The second kappa shape index (κ2) is 11.1. The average molecular weight is 570 g/mol. The maximum Gasteiger partial charge on any atom is 0.267 e. The van der Waals surface area contributed by atoms with Crippen LogP contribution < -0.4 is 19.3 Å². The number of hydrogen-bond acceptors (Lipinski definition) is 5. The molecule has 2 heterocycles. The molecule has 4 aromatic carbocycles. The molecule has 0 radical (unpaired) electrons. The molecular weight excluding hydrogens is 544 g/mol. The molecule has 6 rings (SSSR count). The molecule has 0 atom stereocenters. The Labute approximate surface area is 247 Å². The summed E-state index contributed by atoms with van der Waals surface area (Å²) >= 11 is 0. The summed E-state index contributed by atoms with van der Waals surface area (Å²) in [5, 5.41) is 2.24. The Morgan fingerprint density at radius 2 is 1.35 bits per heavy atom. The first kappa shape index (κ1) is 27.2. The van der Waals surface area contributed by atoms with E-state index in [4.69, 9.17) is 4.74 Å². The number of imide groups is 2. The molecule has 0 fully saturated rings. The first-order valence-electron chi connectivity index (χ1n) is 13.4. The van der Waals surface area contributed by atoms with E-state index in [2.05, 4.69) is 16.3 Å². The number of carbonyl (C=O) groups is 4. The smallest absolute Gasteiger partial charge is 0.267 e.